The summed E-state index contributed by atoms with van der Waals surface area (Å²) in [6.07, 6.45) is 10.6. The number of nitrogens with one attached hydrogen (secondary N) is 1. The summed E-state index contributed by atoms with van der Waals surface area (Å²) in [6, 6.07) is 2.34. The van der Waals surface area contributed by atoms with Crippen LogP contribution in [0.3, 0.4) is 0 Å². The average molecular weight is 270 g/mol. The summed E-state index contributed by atoms with van der Waals surface area (Å²) in [7, 11) is 0. The van der Waals surface area contributed by atoms with Gasteiger partial charge < -0.3 is 5.32 Å². The van der Waals surface area contributed by atoms with Crippen LogP contribution < -0.4 is 5.32 Å². The van der Waals surface area contributed by atoms with E-state index < -0.39 is 0 Å². The molecule has 0 amide bonds. The molecule has 0 bridgehead atoms. The van der Waals surface area contributed by atoms with Crippen molar-refractivity contribution in [2.24, 2.45) is 0 Å². The van der Waals surface area contributed by atoms with Gasteiger partial charge in [-0.25, -0.2) is 0 Å². The summed E-state index contributed by atoms with van der Waals surface area (Å²) < 4.78 is 0. The molecule has 1 aliphatic heterocycles. The maximum atomic E-state index is 3.71. The van der Waals surface area contributed by atoms with Crippen molar-refractivity contribution in [3.63, 3.8) is 0 Å². The second-order valence-electron chi connectivity index (χ2n) is 6.11. The monoisotopic (exact) mass is 270 g/mol. The molecule has 2 aliphatic rings. The molecule has 1 N–H and O–H groups in total. The van der Waals surface area contributed by atoms with E-state index >= 15 is 0 Å². The summed E-state index contributed by atoms with van der Waals surface area (Å²) in [4.78, 5) is 2.81. The van der Waals surface area contributed by atoms with Crippen molar-refractivity contribution in [3.05, 3.63) is 0 Å². The van der Waals surface area contributed by atoms with Gasteiger partial charge in [0.15, 0.2) is 0 Å². The highest BCUT2D eigenvalue weighted by Crippen LogP contribution is 2.31. The van der Waals surface area contributed by atoms with E-state index in [-0.39, 0.29) is 0 Å². The summed E-state index contributed by atoms with van der Waals surface area (Å²) in [6.45, 7) is 7.17. The fraction of sp³-hybridized carbons (Fsp3) is 1.00. The van der Waals surface area contributed by atoms with Crippen LogP contribution in [0.5, 0.6) is 0 Å². The second kappa shape index (κ2) is 7.16. The SMILES string of the molecule is CCCC1CN(C2CCC(SC)CC2)C(C)CN1. The number of hydrogen-bond acceptors (Lipinski definition) is 3. The molecule has 2 atom stereocenters. The minimum atomic E-state index is 0.730. The molecule has 2 nitrogen and oxygen atoms in total. The molecule has 18 heavy (non-hydrogen) atoms. The zero-order valence-electron chi connectivity index (χ0n) is 12.3. The van der Waals surface area contributed by atoms with Crippen LogP contribution in [-0.4, -0.2) is 47.6 Å². The lowest BCUT2D eigenvalue weighted by atomic mass is 9.91. The zero-order valence-corrected chi connectivity index (χ0v) is 13.1. The quantitative estimate of drug-likeness (QED) is 0.845. The van der Waals surface area contributed by atoms with Crippen molar-refractivity contribution in [2.45, 2.75) is 75.7 Å². The first kappa shape index (κ1) is 14.7. The Hall–Kier alpha value is 0.270. The lowest BCUT2D eigenvalue weighted by molar-refractivity contribution is 0.0689. The van der Waals surface area contributed by atoms with Gasteiger partial charge in [-0.3, -0.25) is 4.90 Å². The second-order valence-corrected chi connectivity index (χ2v) is 7.24. The van der Waals surface area contributed by atoms with E-state index in [2.05, 4.69) is 42.1 Å². The number of piperazine rings is 1. The van der Waals surface area contributed by atoms with Crippen molar-refractivity contribution >= 4 is 11.8 Å². The van der Waals surface area contributed by atoms with E-state index in [0.717, 1.165) is 23.4 Å². The van der Waals surface area contributed by atoms with Crippen LogP contribution in [0.25, 0.3) is 0 Å². The first-order valence-corrected chi connectivity index (χ1v) is 9.05. The van der Waals surface area contributed by atoms with Crippen LogP contribution in [0.4, 0.5) is 0 Å². The standard InChI is InChI=1S/C15H30N2S/c1-4-5-13-11-17(12(2)10-16-13)14-6-8-15(18-3)9-7-14/h12-16H,4-11H2,1-3H3. The van der Waals surface area contributed by atoms with Crippen molar-refractivity contribution in [2.75, 3.05) is 19.3 Å². The highest BCUT2D eigenvalue weighted by atomic mass is 32.2. The van der Waals surface area contributed by atoms with Crippen molar-refractivity contribution in [1.82, 2.24) is 10.2 Å². The van der Waals surface area contributed by atoms with Crippen LogP contribution in [0, 0.1) is 0 Å². The largest absolute Gasteiger partial charge is 0.311 e. The first-order valence-electron chi connectivity index (χ1n) is 7.76. The third-order valence-electron chi connectivity index (χ3n) is 4.78. The van der Waals surface area contributed by atoms with Crippen molar-refractivity contribution in [3.8, 4) is 0 Å². The third-order valence-corrected chi connectivity index (χ3v) is 5.92. The van der Waals surface area contributed by atoms with Gasteiger partial charge in [0.1, 0.15) is 0 Å². The molecular weight excluding hydrogens is 240 g/mol. The fourth-order valence-corrected chi connectivity index (χ4v) is 4.36. The van der Waals surface area contributed by atoms with Gasteiger partial charge in [-0.15, -0.1) is 0 Å². The predicted molar refractivity (Wildman–Crippen MR) is 82.4 cm³/mol. The lowest BCUT2D eigenvalue weighted by Gasteiger charge is -2.45. The van der Waals surface area contributed by atoms with E-state index in [1.54, 1.807) is 0 Å². The lowest BCUT2D eigenvalue weighted by Crippen LogP contribution is -2.58. The zero-order chi connectivity index (χ0) is 13.0. The van der Waals surface area contributed by atoms with Crippen LogP contribution in [0.2, 0.25) is 0 Å². The summed E-state index contributed by atoms with van der Waals surface area (Å²) in [5.74, 6) is 0. The summed E-state index contributed by atoms with van der Waals surface area (Å²) in [5.41, 5.74) is 0. The van der Waals surface area contributed by atoms with E-state index in [9.17, 15) is 0 Å². The molecular formula is C15H30N2S. The molecule has 1 heterocycles. The van der Waals surface area contributed by atoms with Gasteiger partial charge in [0.05, 0.1) is 0 Å². The van der Waals surface area contributed by atoms with Gasteiger partial charge in [0.25, 0.3) is 0 Å². The Balaban J connectivity index is 1.86. The van der Waals surface area contributed by atoms with E-state index in [1.165, 1.54) is 51.6 Å². The van der Waals surface area contributed by atoms with Crippen LogP contribution >= 0.6 is 11.8 Å². The highest BCUT2D eigenvalue weighted by molar-refractivity contribution is 7.99. The Morgan fingerprint density at radius 1 is 1.22 bits per heavy atom. The Kier molecular flexibility index (Phi) is 5.84. The third kappa shape index (κ3) is 3.64. The molecule has 1 saturated carbocycles. The number of nitrogens with zero attached hydrogens (tertiary/aromatic N) is 1. The van der Waals surface area contributed by atoms with Gasteiger partial charge in [0, 0.05) is 36.5 Å². The van der Waals surface area contributed by atoms with Crippen molar-refractivity contribution < 1.29 is 0 Å². The van der Waals surface area contributed by atoms with Crippen molar-refractivity contribution in [1.29, 1.82) is 0 Å². The summed E-state index contributed by atoms with van der Waals surface area (Å²) >= 11 is 2.07. The van der Waals surface area contributed by atoms with E-state index in [1.807, 2.05) is 0 Å². The topological polar surface area (TPSA) is 15.3 Å². The molecule has 3 heteroatoms. The maximum absolute atomic E-state index is 3.71. The first-order chi connectivity index (χ1) is 8.74. The van der Waals surface area contributed by atoms with Crippen LogP contribution in [0.1, 0.15) is 52.4 Å². The molecule has 0 radical (unpaired) electrons. The number of thioether (sulfide) groups is 1. The molecule has 0 aromatic carbocycles. The molecule has 1 saturated heterocycles. The smallest absolute Gasteiger partial charge is 0.0196 e. The Morgan fingerprint density at radius 2 is 1.94 bits per heavy atom. The average Bonchev–Trinajstić information content (AvgIpc) is 2.41. The molecule has 0 spiro atoms. The Morgan fingerprint density at radius 3 is 2.56 bits per heavy atom. The number of hydrogen-bond donors (Lipinski definition) is 1. The van der Waals surface area contributed by atoms with E-state index in [0.29, 0.717) is 0 Å². The normalized spacial score (nSPS) is 38.8. The van der Waals surface area contributed by atoms with E-state index in [4.69, 9.17) is 0 Å². The molecule has 0 aromatic rings. The molecule has 2 rings (SSSR count). The Labute approximate surface area is 117 Å². The van der Waals surface area contributed by atoms with Gasteiger partial charge >= 0.3 is 0 Å². The minimum Gasteiger partial charge on any atom is -0.311 e. The molecule has 0 aromatic heterocycles. The van der Waals surface area contributed by atoms with Gasteiger partial charge in [-0.1, -0.05) is 13.3 Å². The molecule has 2 unspecified atom stereocenters. The number of rotatable bonds is 4. The van der Waals surface area contributed by atoms with Crippen LogP contribution in [0.15, 0.2) is 0 Å². The van der Waals surface area contributed by atoms with Gasteiger partial charge in [0.2, 0.25) is 0 Å². The molecule has 106 valence electrons. The fourth-order valence-electron chi connectivity index (χ4n) is 3.62. The molecule has 1 aliphatic carbocycles. The highest BCUT2D eigenvalue weighted by Gasteiger charge is 2.32. The summed E-state index contributed by atoms with van der Waals surface area (Å²) in [5, 5.41) is 4.65. The maximum Gasteiger partial charge on any atom is 0.0196 e. The molecule has 2 fully saturated rings. The predicted octanol–water partition coefficient (Wildman–Crippen LogP) is 3.12. The Bertz CT molecular complexity index is 239. The van der Waals surface area contributed by atoms with Crippen LogP contribution in [-0.2, 0) is 0 Å². The van der Waals surface area contributed by atoms with Gasteiger partial charge in [-0.2, -0.15) is 11.8 Å². The van der Waals surface area contributed by atoms with Gasteiger partial charge in [-0.05, 0) is 45.3 Å². The minimum absolute atomic E-state index is 0.730.